The monoisotopic (exact) mass is 377 g/mol. The molecule has 7 heteroatoms. The number of aromatic nitrogens is 3. The number of hydrogen-bond acceptors (Lipinski definition) is 4. The lowest BCUT2D eigenvalue weighted by Gasteiger charge is -2.36. The van der Waals surface area contributed by atoms with Crippen LogP contribution in [0.1, 0.15) is 41.5 Å². The number of halogens is 1. The predicted octanol–water partition coefficient (Wildman–Crippen LogP) is 2.67. The Kier molecular flexibility index (Phi) is 4.66. The molecule has 1 atom stereocenters. The molecule has 0 unspecified atom stereocenters. The zero-order valence-electron chi connectivity index (χ0n) is 13.3. The van der Waals surface area contributed by atoms with Crippen LogP contribution < -0.4 is 10.2 Å². The molecule has 1 N–H and O–H groups in total. The molecular formula is C16H20BrN5O. The van der Waals surface area contributed by atoms with Crippen molar-refractivity contribution in [1.29, 1.82) is 0 Å². The fraction of sp³-hybridized carbons (Fsp3) is 0.438. The van der Waals surface area contributed by atoms with Gasteiger partial charge in [0.15, 0.2) is 0 Å². The zero-order valence-corrected chi connectivity index (χ0v) is 14.9. The zero-order chi connectivity index (χ0) is 16.4. The molecule has 1 fully saturated rings. The minimum Gasteiger partial charge on any atom is -0.354 e. The third-order valence-electron chi connectivity index (χ3n) is 4.33. The molecule has 6 nitrogen and oxygen atoms in total. The van der Waals surface area contributed by atoms with Gasteiger partial charge >= 0.3 is 0 Å². The average molecular weight is 378 g/mol. The van der Waals surface area contributed by atoms with Crippen molar-refractivity contribution in [3.8, 4) is 0 Å². The lowest BCUT2D eigenvalue weighted by Crippen LogP contribution is -2.36. The number of rotatable bonds is 3. The number of amides is 1. The maximum atomic E-state index is 11.9. The first-order valence-electron chi connectivity index (χ1n) is 7.73. The van der Waals surface area contributed by atoms with Crippen molar-refractivity contribution in [2.45, 2.75) is 25.3 Å². The average Bonchev–Trinajstić information content (AvgIpc) is 2.96. The molecule has 23 heavy (non-hydrogen) atoms. The number of nitrogens with zero attached hydrogens (tertiary/aromatic N) is 4. The lowest BCUT2D eigenvalue weighted by atomic mass is 10.00. The van der Waals surface area contributed by atoms with E-state index in [9.17, 15) is 4.79 Å². The quantitative estimate of drug-likeness (QED) is 0.892. The van der Waals surface area contributed by atoms with Crippen LogP contribution in [0.2, 0.25) is 0 Å². The van der Waals surface area contributed by atoms with Gasteiger partial charge in [0.1, 0.15) is 5.69 Å². The molecule has 3 rings (SSSR count). The minimum atomic E-state index is -0.0685. The standard InChI is InChI=1S/C16H20BrN5O/c1-18-15(23)14-7-6-12(21(14)2)13-5-3-4-8-22(13)16-19-9-11(17)10-20-16/h6-7,9-10,13H,3-5,8H2,1-2H3,(H,18,23)/t13-/m1/s1. The van der Waals surface area contributed by atoms with Crippen LogP contribution in [0, 0.1) is 0 Å². The Morgan fingerprint density at radius 3 is 2.74 bits per heavy atom. The molecule has 2 aromatic heterocycles. The van der Waals surface area contributed by atoms with Gasteiger partial charge in [-0.3, -0.25) is 4.79 Å². The summed E-state index contributed by atoms with van der Waals surface area (Å²) >= 11 is 3.38. The molecule has 0 spiro atoms. The molecule has 1 aliphatic rings. The van der Waals surface area contributed by atoms with E-state index in [0.29, 0.717) is 5.69 Å². The molecule has 3 heterocycles. The van der Waals surface area contributed by atoms with E-state index >= 15 is 0 Å². The SMILES string of the molecule is CNC(=O)c1ccc([C@H]2CCCCN2c2ncc(Br)cn2)n1C. The molecule has 1 saturated heterocycles. The fourth-order valence-corrected chi connectivity index (χ4v) is 3.35. The van der Waals surface area contributed by atoms with Crippen molar-refractivity contribution >= 4 is 27.8 Å². The summed E-state index contributed by atoms with van der Waals surface area (Å²) in [5.74, 6) is 0.668. The second kappa shape index (κ2) is 6.70. The number of anilines is 1. The molecule has 0 bridgehead atoms. The summed E-state index contributed by atoms with van der Waals surface area (Å²) in [6.45, 7) is 0.923. The number of nitrogens with one attached hydrogen (secondary N) is 1. The van der Waals surface area contributed by atoms with Crippen molar-refractivity contribution in [2.75, 3.05) is 18.5 Å². The van der Waals surface area contributed by atoms with E-state index in [2.05, 4.69) is 36.1 Å². The highest BCUT2D eigenvalue weighted by Gasteiger charge is 2.28. The fourth-order valence-electron chi connectivity index (χ4n) is 3.15. The number of carbonyl (C=O) groups is 1. The van der Waals surface area contributed by atoms with Crippen molar-refractivity contribution in [3.63, 3.8) is 0 Å². The van der Waals surface area contributed by atoms with Crippen molar-refractivity contribution in [2.24, 2.45) is 7.05 Å². The molecular weight excluding hydrogens is 358 g/mol. The van der Waals surface area contributed by atoms with Gasteiger partial charge < -0.3 is 14.8 Å². The van der Waals surface area contributed by atoms with E-state index in [-0.39, 0.29) is 11.9 Å². The first kappa shape index (κ1) is 16.0. The summed E-state index contributed by atoms with van der Waals surface area (Å²) in [5, 5.41) is 2.68. The molecule has 0 aliphatic carbocycles. The smallest absolute Gasteiger partial charge is 0.267 e. The highest BCUT2D eigenvalue weighted by atomic mass is 79.9. The van der Waals surface area contributed by atoms with Gasteiger partial charge in [0, 0.05) is 38.7 Å². The Morgan fingerprint density at radius 1 is 1.30 bits per heavy atom. The summed E-state index contributed by atoms with van der Waals surface area (Å²) in [7, 11) is 3.59. The lowest BCUT2D eigenvalue weighted by molar-refractivity contribution is 0.0954. The first-order chi connectivity index (χ1) is 11.1. The Morgan fingerprint density at radius 2 is 2.04 bits per heavy atom. The van der Waals surface area contributed by atoms with Gasteiger partial charge in [-0.2, -0.15) is 0 Å². The highest BCUT2D eigenvalue weighted by molar-refractivity contribution is 9.10. The Balaban J connectivity index is 1.94. The van der Waals surface area contributed by atoms with Gasteiger partial charge in [-0.25, -0.2) is 9.97 Å². The van der Waals surface area contributed by atoms with Crippen LogP contribution in [0.4, 0.5) is 5.95 Å². The number of hydrogen-bond donors (Lipinski definition) is 1. The maximum Gasteiger partial charge on any atom is 0.267 e. The third-order valence-corrected chi connectivity index (χ3v) is 4.74. The minimum absolute atomic E-state index is 0.0685. The molecule has 0 aromatic carbocycles. The summed E-state index contributed by atoms with van der Waals surface area (Å²) < 4.78 is 2.84. The van der Waals surface area contributed by atoms with Crippen LogP contribution >= 0.6 is 15.9 Å². The van der Waals surface area contributed by atoms with Crippen LogP contribution in [0.5, 0.6) is 0 Å². The predicted molar refractivity (Wildman–Crippen MR) is 92.5 cm³/mol. The van der Waals surface area contributed by atoms with Crippen LogP contribution in [0.25, 0.3) is 0 Å². The molecule has 2 aromatic rings. The van der Waals surface area contributed by atoms with Gasteiger partial charge in [-0.15, -0.1) is 0 Å². The normalized spacial score (nSPS) is 18.0. The molecule has 1 amide bonds. The maximum absolute atomic E-state index is 11.9. The summed E-state index contributed by atoms with van der Waals surface area (Å²) in [6, 6.07) is 4.10. The second-order valence-electron chi connectivity index (χ2n) is 5.69. The van der Waals surface area contributed by atoms with Crippen LogP contribution in [0.15, 0.2) is 29.0 Å². The largest absolute Gasteiger partial charge is 0.354 e. The van der Waals surface area contributed by atoms with Gasteiger partial charge in [0.05, 0.1) is 10.5 Å². The molecule has 0 radical (unpaired) electrons. The Bertz CT molecular complexity index is 697. The summed E-state index contributed by atoms with van der Waals surface area (Å²) in [4.78, 5) is 23.1. The van der Waals surface area contributed by atoms with Gasteiger partial charge in [0.2, 0.25) is 5.95 Å². The second-order valence-corrected chi connectivity index (χ2v) is 6.60. The van der Waals surface area contributed by atoms with Crippen molar-refractivity contribution in [1.82, 2.24) is 19.9 Å². The molecule has 122 valence electrons. The van der Waals surface area contributed by atoms with Crippen molar-refractivity contribution < 1.29 is 4.79 Å². The summed E-state index contributed by atoms with van der Waals surface area (Å²) in [5.41, 5.74) is 1.79. The van der Waals surface area contributed by atoms with Crippen LogP contribution in [0.3, 0.4) is 0 Å². The van der Waals surface area contributed by atoms with E-state index in [4.69, 9.17) is 0 Å². The van der Waals surface area contributed by atoms with Gasteiger partial charge in [0.25, 0.3) is 5.91 Å². The highest BCUT2D eigenvalue weighted by Crippen LogP contribution is 2.34. The third kappa shape index (κ3) is 3.10. The van der Waals surface area contributed by atoms with Crippen molar-refractivity contribution in [3.05, 3.63) is 40.4 Å². The van der Waals surface area contributed by atoms with E-state index in [0.717, 1.165) is 41.9 Å². The number of carbonyl (C=O) groups excluding carboxylic acids is 1. The molecule has 0 saturated carbocycles. The van der Waals surface area contributed by atoms with E-state index < -0.39 is 0 Å². The topological polar surface area (TPSA) is 63.1 Å². The number of piperidine rings is 1. The molecule has 1 aliphatic heterocycles. The van der Waals surface area contributed by atoms with E-state index in [1.165, 1.54) is 0 Å². The van der Waals surface area contributed by atoms with Gasteiger partial charge in [-0.05, 0) is 47.3 Å². The summed E-state index contributed by atoms with van der Waals surface area (Å²) in [6.07, 6.45) is 6.87. The Hall–Kier alpha value is -1.89. The van der Waals surface area contributed by atoms with E-state index in [1.54, 1.807) is 19.4 Å². The van der Waals surface area contributed by atoms with Crippen LogP contribution in [-0.2, 0) is 7.05 Å². The Labute approximate surface area is 144 Å². The first-order valence-corrected chi connectivity index (χ1v) is 8.53. The van der Waals surface area contributed by atoms with Crippen LogP contribution in [-0.4, -0.2) is 34.0 Å². The van der Waals surface area contributed by atoms with E-state index in [1.807, 2.05) is 23.7 Å². The van der Waals surface area contributed by atoms with Gasteiger partial charge in [-0.1, -0.05) is 0 Å².